The standard InChI is InChI=1S/C23H24F3N5O3/c1-4-34-21(32)20-9-17(7-8-28-20)29-22(33)31-13-14(2)30(12-15(31)3)18-6-5-16(11-27)19(10-18)23(24,25)26/h5-10,14-15H,4,12-13H2,1-3H3,(H,28,29,33)/t14-,15+/m0/s1. The normalized spacial score (nSPS) is 18.3. The Labute approximate surface area is 194 Å². The van der Waals surface area contributed by atoms with Crippen LogP contribution in [0, 0.1) is 11.3 Å². The van der Waals surface area contributed by atoms with E-state index < -0.39 is 29.3 Å². The number of hydrogen-bond donors (Lipinski definition) is 1. The van der Waals surface area contributed by atoms with E-state index in [4.69, 9.17) is 10.00 Å². The van der Waals surface area contributed by atoms with Crippen molar-refractivity contribution in [2.45, 2.75) is 39.0 Å². The van der Waals surface area contributed by atoms with Crippen molar-refractivity contribution >= 4 is 23.4 Å². The molecule has 3 rings (SSSR count). The van der Waals surface area contributed by atoms with Gasteiger partial charge in [0.15, 0.2) is 0 Å². The lowest BCUT2D eigenvalue weighted by Gasteiger charge is -2.45. The summed E-state index contributed by atoms with van der Waals surface area (Å²) in [5, 5.41) is 11.8. The van der Waals surface area contributed by atoms with Crippen LogP contribution in [0.5, 0.6) is 0 Å². The maximum Gasteiger partial charge on any atom is 0.417 e. The van der Waals surface area contributed by atoms with Crippen LogP contribution in [0.4, 0.5) is 29.3 Å². The molecule has 34 heavy (non-hydrogen) atoms. The second kappa shape index (κ2) is 9.99. The van der Waals surface area contributed by atoms with E-state index in [2.05, 4.69) is 10.3 Å². The van der Waals surface area contributed by atoms with E-state index in [1.54, 1.807) is 35.8 Å². The van der Waals surface area contributed by atoms with Crippen molar-refractivity contribution in [2.24, 2.45) is 0 Å². The van der Waals surface area contributed by atoms with Crippen LogP contribution in [-0.4, -0.2) is 53.7 Å². The molecular formula is C23H24F3N5O3. The summed E-state index contributed by atoms with van der Waals surface area (Å²) in [6, 6.07) is 7.15. The van der Waals surface area contributed by atoms with Crippen LogP contribution < -0.4 is 10.2 Å². The number of anilines is 2. The fourth-order valence-electron chi connectivity index (χ4n) is 3.83. The molecule has 0 saturated carbocycles. The summed E-state index contributed by atoms with van der Waals surface area (Å²) in [4.78, 5) is 32.1. The van der Waals surface area contributed by atoms with Gasteiger partial charge in [0.2, 0.25) is 0 Å². The van der Waals surface area contributed by atoms with Gasteiger partial charge < -0.3 is 19.9 Å². The molecule has 0 aliphatic carbocycles. The molecule has 0 unspecified atom stereocenters. The highest BCUT2D eigenvalue weighted by Gasteiger charge is 2.36. The van der Waals surface area contributed by atoms with Crippen LogP contribution in [0.3, 0.4) is 0 Å². The van der Waals surface area contributed by atoms with Crippen LogP contribution in [0.25, 0.3) is 0 Å². The number of carbonyl (C=O) groups is 2. The maximum absolute atomic E-state index is 13.4. The average molecular weight is 475 g/mol. The number of benzene rings is 1. The van der Waals surface area contributed by atoms with Gasteiger partial charge in [-0.15, -0.1) is 0 Å². The van der Waals surface area contributed by atoms with Crippen molar-refractivity contribution in [3.8, 4) is 6.07 Å². The Morgan fingerprint density at radius 2 is 1.94 bits per heavy atom. The van der Waals surface area contributed by atoms with Crippen LogP contribution >= 0.6 is 0 Å². The third-order valence-corrected chi connectivity index (χ3v) is 5.50. The molecule has 1 N–H and O–H groups in total. The number of piperazine rings is 1. The third-order valence-electron chi connectivity index (χ3n) is 5.50. The van der Waals surface area contributed by atoms with E-state index in [1.807, 2.05) is 6.92 Å². The summed E-state index contributed by atoms with van der Waals surface area (Å²) in [7, 11) is 0. The van der Waals surface area contributed by atoms with Gasteiger partial charge in [0.1, 0.15) is 5.69 Å². The number of amides is 2. The van der Waals surface area contributed by atoms with Crippen LogP contribution in [0.1, 0.15) is 42.4 Å². The van der Waals surface area contributed by atoms with Gasteiger partial charge in [-0.25, -0.2) is 14.6 Å². The molecule has 1 aromatic carbocycles. The molecule has 2 amide bonds. The van der Waals surface area contributed by atoms with Crippen molar-refractivity contribution < 1.29 is 27.5 Å². The first-order valence-electron chi connectivity index (χ1n) is 10.6. The minimum atomic E-state index is -4.65. The predicted molar refractivity (Wildman–Crippen MR) is 118 cm³/mol. The highest BCUT2D eigenvalue weighted by Crippen LogP contribution is 2.35. The maximum atomic E-state index is 13.4. The lowest BCUT2D eigenvalue weighted by atomic mass is 10.0. The summed E-state index contributed by atoms with van der Waals surface area (Å²) in [6.45, 7) is 6.02. The summed E-state index contributed by atoms with van der Waals surface area (Å²) >= 11 is 0. The molecule has 0 bridgehead atoms. The van der Waals surface area contributed by atoms with Gasteiger partial charge in [-0.3, -0.25) is 0 Å². The van der Waals surface area contributed by atoms with E-state index in [1.165, 1.54) is 24.4 Å². The summed E-state index contributed by atoms with van der Waals surface area (Å²) in [5.74, 6) is -0.602. The summed E-state index contributed by atoms with van der Waals surface area (Å²) in [5.41, 5.74) is -0.657. The fourth-order valence-corrected chi connectivity index (χ4v) is 3.83. The van der Waals surface area contributed by atoms with Crippen molar-refractivity contribution in [3.05, 3.63) is 53.3 Å². The van der Waals surface area contributed by atoms with Crippen LogP contribution in [0.2, 0.25) is 0 Å². The van der Waals surface area contributed by atoms with Crippen molar-refractivity contribution in [2.75, 3.05) is 29.9 Å². The molecule has 1 aromatic heterocycles. The molecule has 0 spiro atoms. The van der Waals surface area contributed by atoms with E-state index >= 15 is 0 Å². The van der Waals surface area contributed by atoms with Gasteiger partial charge in [0, 0.05) is 42.7 Å². The predicted octanol–water partition coefficient (Wildman–Crippen LogP) is 4.28. The summed E-state index contributed by atoms with van der Waals surface area (Å²) < 4.78 is 45.1. The zero-order valence-corrected chi connectivity index (χ0v) is 18.9. The Morgan fingerprint density at radius 1 is 1.21 bits per heavy atom. The molecular weight excluding hydrogens is 451 g/mol. The number of hydrogen-bond acceptors (Lipinski definition) is 6. The number of rotatable bonds is 4. The second-order valence-electron chi connectivity index (χ2n) is 7.92. The molecule has 2 aromatic rings. The fraction of sp³-hybridized carbons (Fsp3) is 0.391. The number of aromatic nitrogens is 1. The van der Waals surface area contributed by atoms with E-state index in [-0.39, 0.29) is 30.9 Å². The largest absolute Gasteiger partial charge is 0.461 e. The lowest BCUT2D eigenvalue weighted by molar-refractivity contribution is -0.137. The average Bonchev–Trinajstić information content (AvgIpc) is 2.79. The number of esters is 1. The zero-order valence-electron chi connectivity index (χ0n) is 18.9. The molecule has 2 heterocycles. The number of ether oxygens (including phenoxy) is 1. The molecule has 11 heteroatoms. The lowest BCUT2D eigenvalue weighted by Crippen LogP contribution is -2.59. The molecule has 2 atom stereocenters. The van der Waals surface area contributed by atoms with E-state index in [0.29, 0.717) is 17.9 Å². The van der Waals surface area contributed by atoms with Crippen LogP contribution in [0.15, 0.2) is 36.5 Å². The number of urea groups is 1. The zero-order chi connectivity index (χ0) is 25.0. The molecule has 0 radical (unpaired) electrons. The highest BCUT2D eigenvalue weighted by molar-refractivity contribution is 5.93. The first kappa shape index (κ1) is 24.8. The molecule has 1 aliphatic heterocycles. The molecule has 180 valence electrons. The number of nitrogens with zero attached hydrogens (tertiary/aromatic N) is 4. The Kier molecular flexibility index (Phi) is 7.29. The number of pyridine rings is 1. The number of halogens is 3. The van der Waals surface area contributed by atoms with Gasteiger partial charge in [-0.2, -0.15) is 18.4 Å². The number of nitrogens with one attached hydrogen (secondary N) is 1. The minimum absolute atomic E-state index is 0.0622. The highest BCUT2D eigenvalue weighted by atomic mass is 19.4. The monoisotopic (exact) mass is 475 g/mol. The molecule has 1 fully saturated rings. The smallest absolute Gasteiger partial charge is 0.417 e. The van der Waals surface area contributed by atoms with Gasteiger partial charge in [0.05, 0.1) is 23.8 Å². The summed E-state index contributed by atoms with van der Waals surface area (Å²) in [6.07, 6.45) is -3.26. The van der Waals surface area contributed by atoms with Crippen molar-refractivity contribution in [1.82, 2.24) is 9.88 Å². The van der Waals surface area contributed by atoms with Crippen molar-refractivity contribution in [1.29, 1.82) is 5.26 Å². The van der Waals surface area contributed by atoms with E-state index in [9.17, 15) is 22.8 Å². The first-order valence-corrected chi connectivity index (χ1v) is 10.6. The van der Waals surface area contributed by atoms with E-state index in [0.717, 1.165) is 6.07 Å². The third kappa shape index (κ3) is 5.39. The molecule has 8 nitrogen and oxygen atoms in total. The van der Waals surface area contributed by atoms with Gasteiger partial charge >= 0.3 is 18.2 Å². The van der Waals surface area contributed by atoms with Gasteiger partial charge in [-0.05, 0) is 51.1 Å². The SMILES string of the molecule is CCOC(=O)c1cc(NC(=O)N2C[C@H](C)N(c3ccc(C#N)c(C(F)(F)F)c3)C[C@H]2C)ccn1. The Balaban J connectivity index is 1.74. The minimum Gasteiger partial charge on any atom is -0.461 e. The van der Waals surface area contributed by atoms with Crippen molar-refractivity contribution in [3.63, 3.8) is 0 Å². The number of alkyl halides is 3. The van der Waals surface area contributed by atoms with Gasteiger partial charge in [0.25, 0.3) is 0 Å². The van der Waals surface area contributed by atoms with Gasteiger partial charge in [-0.1, -0.05) is 0 Å². The Hall–Kier alpha value is -3.81. The Morgan fingerprint density at radius 3 is 2.59 bits per heavy atom. The second-order valence-corrected chi connectivity index (χ2v) is 7.92. The van der Waals surface area contributed by atoms with Crippen LogP contribution in [-0.2, 0) is 10.9 Å². The molecule has 1 aliphatic rings. The number of carbonyl (C=O) groups excluding carboxylic acids is 2. The number of nitriles is 1. The quantitative estimate of drug-likeness (QED) is 0.663. The molecule has 1 saturated heterocycles. The Bertz CT molecular complexity index is 1120. The topological polar surface area (TPSA) is 98.6 Å². The first-order chi connectivity index (χ1) is 16.0.